The van der Waals surface area contributed by atoms with Crippen LogP contribution in [0.2, 0.25) is 0 Å². The summed E-state index contributed by atoms with van der Waals surface area (Å²) < 4.78 is 14.4. The van der Waals surface area contributed by atoms with Gasteiger partial charge in [0.05, 0.1) is 10.6 Å². The van der Waals surface area contributed by atoms with Gasteiger partial charge in [-0.1, -0.05) is 55.7 Å². The number of rotatable bonds is 8. The van der Waals surface area contributed by atoms with Crippen LogP contribution in [0.4, 0.5) is 15.8 Å². The Morgan fingerprint density at radius 3 is 2.43 bits per heavy atom. The lowest BCUT2D eigenvalue weighted by Gasteiger charge is -2.21. The van der Waals surface area contributed by atoms with Gasteiger partial charge in [-0.25, -0.2) is 4.39 Å². The van der Waals surface area contributed by atoms with Gasteiger partial charge in [0.15, 0.2) is 0 Å². The number of amides is 3. The quantitative estimate of drug-likeness (QED) is 0.393. The minimum Gasteiger partial charge on any atom is -0.339 e. The van der Waals surface area contributed by atoms with Gasteiger partial charge < -0.3 is 16.0 Å². The monoisotopic (exact) mass is 493 g/mol. The number of carbonyl (C=O) groups is 3. The second-order valence-electron chi connectivity index (χ2n) is 8.70. The minimum atomic E-state index is -0.850. The largest absolute Gasteiger partial charge is 0.339 e. The van der Waals surface area contributed by atoms with E-state index in [-0.39, 0.29) is 29.8 Å². The van der Waals surface area contributed by atoms with Crippen molar-refractivity contribution < 1.29 is 18.8 Å². The molecule has 0 spiro atoms. The molecule has 3 aromatic rings. The predicted octanol–water partition coefficient (Wildman–Crippen LogP) is 5.39. The number of benzene rings is 2. The van der Waals surface area contributed by atoms with E-state index in [1.54, 1.807) is 17.5 Å². The fourth-order valence-electron chi connectivity index (χ4n) is 4.22. The molecule has 0 aliphatic heterocycles. The van der Waals surface area contributed by atoms with Crippen molar-refractivity contribution in [2.75, 3.05) is 10.6 Å². The van der Waals surface area contributed by atoms with E-state index in [2.05, 4.69) is 16.0 Å². The maximum absolute atomic E-state index is 14.4. The van der Waals surface area contributed by atoms with E-state index in [1.807, 2.05) is 30.3 Å². The molecule has 3 N–H and O–H groups in total. The first-order valence-electron chi connectivity index (χ1n) is 11.8. The first-order valence-corrected chi connectivity index (χ1v) is 12.7. The second kappa shape index (κ2) is 11.8. The molecule has 35 heavy (non-hydrogen) atoms. The van der Waals surface area contributed by atoms with Crippen LogP contribution in [-0.4, -0.2) is 23.8 Å². The van der Waals surface area contributed by atoms with Crippen LogP contribution in [0.25, 0.3) is 0 Å². The lowest BCUT2D eigenvalue weighted by Crippen LogP contribution is -2.45. The van der Waals surface area contributed by atoms with Crippen molar-refractivity contribution >= 4 is 40.4 Å². The third-order valence-electron chi connectivity index (χ3n) is 6.12. The van der Waals surface area contributed by atoms with Crippen LogP contribution in [-0.2, 0) is 16.0 Å². The standard InChI is InChI=1S/C27H28FN3O3S/c28-21-14-13-20(17-22(21)30-25(32)19-10-5-2-6-11-19)29-26(33)23(16-18-8-3-1-4-9-18)31-27(34)24-12-7-15-35-24/h1,3-4,7-9,12-15,17,19,23H,2,5-6,10-11,16H2,(H,29,33)(H,30,32)(H,31,34). The molecule has 1 saturated carbocycles. The van der Waals surface area contributed by atoms with E-state index in [9.17, 15) is 18.8 Å². The summed E-state index contributed by atoms with van der Waals surface area (Å²) in [5.74, 6) is -1.66. The van der Waals surface area contributed by atoms with Gasteiger partial charge in [-0.05, 0) is 48.1 Å². The molecule has 182 valence electrons. The Bertz CT molecular complexity index is 1160. The van der Waals surface area contributed by atoms with Crippen molar-refractivity contribution in [1.29, 1.82) is 0 Å². The van der Waals surface area contributed by atoms with Crippen molar-refractivity contribution in [1.82, 2.24) is 5.32 Å². The van der Waals surface area contributed by atoms with Crippen molar-refractivity contribution in [2.24, 2.45) is 5.92 Å². The number of nitrogens with one attached hydrogen (secondary N) is 3. The summed E-state index contributed by atoms with van der Waals surface area (Å²) in [7, 11) is 0. The summed E-state index contributed by atoms with van der Waals surface area (Å²) in [5, 5.41) is 10.0. The first-order chi connectivity index (χ1) is 17.0. The molecule has 0 saturated heterocycles. The topological polar surface area (TPSA) is 87.3 Å². The number of carbonyl (C=O) groups excluding carboxylic acids is 3. The highest BCUT2D eigenvalue weighted by Crippen LogP contribution is 2.26. The molecule has 8 heteroatoms. The van der Waals surface area contributed by atoms with Gasteiger partial charge >= 0.3 is 0 Å². The van der Waals surface area contributed by atoms with Gasteiger partial charge in [0.1, 0.15) is 11.9 Å². The Balaban J connectivity index is 1.47. The van der Waals surface area contributed by atoms with Crippen LogP contribution in [0.5, 0.6) is 0 Å². The molecule has 1 fully saturated rings. The third kappa shape index (κ3) is 6.76. The minimum absolute atomic E-state index is 0.0283. The second-order valence-corrected chi connectivity index (χ2v) is 9.65. The van der Waals surface area contributed by atoms with Gasteiger partial charge in [-0.15, -0.1) is 11.3 Å². The molecule has 4 rings (SSSR count). The number of hydrogen-bond acceptors (Lipinski definition) is 4. The fourth-order valence-corrected chi connectivity index (χ4v) is 4.85. The average molecular weight is 494 g/mol. The maximum atomic E-state index is 14.4. The number of hydrogen-bond donors (Lipinski definition) is 3. The Labute approximate surface area is 207 Å². The van der Waals surface area contributed by atoms with E-state index >= 15 is 0 Å². The molecule has 0 bridgehead atoms. The molecule has 1 aromatic heterocycles. The number of anilines is 2. The highest BCUT2D eigenvalue weighted by molar-refractivity contribution is 7.12. The summed E-state index contributed by atoms with van der Waals surface area (Å²) in [5.41, 5.74) is 1.25. The van der Waals surface area contributed by atoms with E-state index in [0.29, 0.717) is 10.6 Å². The molecule has 1 atom stereocenters. The van der Waals surface area contributed by atoms with E-state index in [4.69, 9.17) is 0 Å². The summed E-state index contributed by atoms with van der Waals surface area (Å²) in [6.45, 7) is 0. The lowest BCUT2D eigenvalue weighted by molar-refractivity contribution is -0.120. The molecule has 1 aliphatic carbocycles. The maximum Gasteiger partial charge on any atom is 0.262 e. The van der Waals surface area contributed by atoms with Gasteiger partial charge in [-0.2, -0.15) is 0 Å². The Morgan fingerprint density at radius 1 is 0.943 bits per heavy atom. The van der Waals surface area contributed by atoms with Gasteiger partial charge in [0.2, 0.25) is 11.8 Å². The lowest BCUT2D eigenvalue weighted by atomic mass is 9.88. The van der Waals surface area contributed by atoms with Crippen LogP contribution in [0, 0.1) is 11.7 Å². The molecule has 3 amide bonds. The molecular formula is C27H28FN3O3S. The van der Waals surface area contributed by atoms with E-state index in [0.717, 1.165) is 37.7 Å². The van der Waals surface area contributed by atoms with Crippen molar-refractivity contribution in [3.8, 4) is 0 Å². The summed E-state index contributed by atoms with van der Waals surface area (Å²) in [6, 6.07) is 16.1. The van der Waals surface area contributed by atoms with E-state index in [1.165, 1.54) is 29.5 Å². The normalized spacial score (nSPS) is 14.7. The predicted molar refractivity (Wildman–Crippen MR) is 136 cm³/mol. The highest BCUT2D eigenvalue weighted by atomic mass is 32.1. The van der Waals surface area contributed by atoms with Gasteiger partial charge in [0, 0.05) is 18.0 Å². The molecule has 1 aliphatic rings. The summed E-state index contributed by atoms with van der Waals surface area (Å²) >= 11 is 1.29. The first kappa shape index (κ1) is 24.6. The zero-order chi connectivity index (χ0) is 24.6. The zero-order valence-corrected chi connectivity index (χ0v) is 20.1. The Morgan fingerprint density at radius 2 is 1.71 bits per heavy atom. The van der Waals surface area contributed by atoms with Crippen LogP contribution < -0.4 is 16.0 Å². The summed E-state index contributed by atoms with van der Waals surface area (Å²) in [4.78, 5) is 38.9. The van der Waals surface area contributed by atoms with E-state index < -0.39 is 17.8 Å². The van der Waals surface area contributed by atoms with Crippen molar-refractivity contribution in [3.63, 3.8) is 0 Å². The van der Waals surface area contributed by atoms with Gasteiger partial charge in [0.25, 0.3) is 5.91 Å². The van der Waals surface area contributed by atoms with Crippen molar-refractivity contribution in [3.05, 3.63) is 82.3 Å². The molecular weight excluding hydrogens is 465 g/mol. The van der Waals surface area contributed by atoms with Crippen LogP contribution in [0.15, 0.2) is 66.0 Å². The molecule has 6 nitrogen and oxygen atoms in total. The fraction of sp³-hybridized carbons (Fsp3) is 0.296. The molecule has 1 heterocycles. The third-order valence-corrected chi connectivity index (χ3v) is 6.99. The van der Waals surface area contributed by atoms with Crippen molar-refractivity contribution in [2.45, 2.75) is 44.6 Å². The number of halogens is 1. The van der Waals surface area contributed by atoms with Crippen LogP contribution in [0.1, 0.15) is 47.3 Å². The number of thiophene rings is 1. The Hall–Kier alpha value is -3.52. The zero-order valence-electron chi connectivity index (χ0n) is 19.3. The van der Waals surface area contributed by atoms with Crippen LogP contribution in [0.3, 0.4) is 0 Å². The smallest absolute Gasteiger partial charge is 0.262 e. The average Bonchev–Trinajstić information content (AvgIpc) is 3.42. The summed E-state index contributed by atoms with van der Waals surface area (Å²) in [6.07, 6.45) is 5.00. The molecule has 0 radical (unpaired) electrons. The molecule has 2 aromatic carbocycles. The van der Waals surface area contributed by atoms with Crippen LogP contribution >= 0.6 is 11.3 Å². The SMILES string of the molecule is O=C(NC(Cc1ccccc1)C(=O)Nc1ccc(F)c(NC(=O)C2CCCCC2)c1)c1cccs1. The van der Waals surface area contributed by atoms with Gasteiger partial charge in [-0.3, -0.25) is 14.4 Å². The molecule has 1 unspecified atom stereocenters. The Kier molecular flexibility index (Phi) is 8.26. The highest BCUT2D eigenvalue weighted by Gasteiger charge is 2.24.